The van der Waals surface area contributed by atoms with Crippen LogP contribution in [0, 0.1) is 0 Å². The quantitative estimate of drug-likeness (QED) is 0.879. The SMILES string of the molecule is CCNc1nc(Cl)nc(NC(C)c2cccc(Cl)c2)n1. The van der Waals surface area contributed by atoms with Gasteiger partial charge in [-0.25, -0.2) is 0 Å². The predicted octanol–water partition coefficient (Wildman–Crippen LogP) is 3.78. The molecule has 0 saturated heterocycles. The van der Waals surface area contributed by atoms with Gasteiger partial charge in [-0.2, -0.15) is 15.0 Å². The molecule has 0 saturated carbocycles. The number of hydrogen-bond acceptors (Lipinski definition) is 5. The minimum Gasteiger partial charge on any atom is -0.354 e. The van der Waals surface area contributed by atoms with Crippen LogP contribution in [0.2, 0.25) is 10.3 Å². The van der Waals surface area contributed by atoms with Crippen LogP contribution in [0.4, 0.5) is 11.9 Å². The molecule has 0 amide bonds. The molecule has 1 unspecified atom stereocenters. The first-order valence-corrected chi connectivity index (χ1v) is 7.01. The second kappa shape index (κ2) is 6.72. The lowest BCUT2D eigenvalue weighted by molar-refractivity contribution is 0.853. The summed E-state index contributed by atoms with van der Waals surface area (Å²) in [6.45, 7) is 4.67. The van der Waals surface area contributed by atoms with E-state index in [1.165, 1.54) is 0 Å². The van der Waals surface area contributed by atoms with Gasteiger partial charge in [0.15, 0.2) is 0 Å². The van der Waals surface area contributed by atoms with Gasteiger partial charge >= 0.3 is 0 Å². The number of nitrogens with zero attached hydrogens (tertiary/aromatic N) is 3. The van der Waals surface area contributed by atoms with Crippen LogP contribution in [-0.4, -0.2) is 21.5 Å². The number of aromatic nitrogens is 3. The molecule has 2 rings (SSSR count). The number of rotatable bonds is 5. The maximum Gasteiger partial charge on any atom is 0.229 e. The largest absolute Gasteiger partial charge is 0.354 e. The minimum atomic E-state index is 0.00152. The van der Waals surface area contributed by atoms with Gasteiger partial charge in [-0.15, -0.1) is 0 Å². The van der Waals surface area contributed by atoms with Crippen molar-refractivity contribution < 1.29 is 0 Å². The van der Waals surface area contributed by atoms with Crippen LogP contribution in [0.25, 0.3) is 0 Å². The molecule has 106 valence electrons. The summed E-state index contributed by atoms with van der Waals surface area (Å²) >= 11 is 11.9. The summed E-state index contributed by atoms with van der Waals surface area (Å²) in [6.07, 6.45) is 0. The number of halogens is 2. The van der Waals surface area contributed by atoms with Crippen molar-refractivity contribution in [1.82, 2.24) is 15.0 Å². The summed E-state index contributed by atoms with van der Waals surface area (Å²) in [5.41, 5.74) is 1.04. The van der Waals surface area contributed by atoms with Gasteiger partial charge < -0.3 is 10.6 Å². The fourth-order valence-electron chi connectivity index (χ4n) is 1.70. The Hall–Kier alpha value is -1.59. The molecule has 20 heavy (non-hydrogen) atoms. The summed E-state index contributed by atoms with van der Waals surface area (Å²) in [5, 5.41) is 7.03. The van der Waals surface area contributed by atoms with Gasteiger partial charge in [0.2, 0.25) is 17.2 Å². The van der Waals surface area contributed by atoms with Crippen molar-refractivity contribution in [1.29, 1.82) is 0 Å². The van der Waals surface area contributed by atoms with Gasteiger partial charge in [-0.05, 0) is 43.1 Å². The third kappa shape index (κ3) is 3.95. The zero-order valence-electron chi connectivity index (χ0n) is 11.2. The fourth-order valence-corrected chi connectivity index (χ4v) is 2.06. The molecule has 1 aromatic heterocycles. The van der Waals surface area contributed by atoms with Gasteiger partial charge in [0, 0.05) is 11.6 Å². The van der Waals surface area contributed by atoms with Gasteiger partial charge in [0.1, 0.15) is 0 Å². The summed E-state index contributed by atoms with van der Waals surface area (Å²) < 4.78 is 0. The number of benzene rings is 1. The molecular weight excluding hydrogens is 297 g/mol. The molecule has 0 bridgehead atoms. The summed E-state index contributed by atoms with van der Waals surface area (Å²) in [7, 11) is 0. The lowest BCUT2D eigenvalue weighted by Crippen LogP contribution is -2.12. The monoisotopic (exact) mass is 311 g/mol. The van der Waals surface area contributed by atoms with Crippen LogP contribution in [0.1, 0.15) is 25.5 Å². The zero-order valence-corrected chi connectivity index (χ0v) is 12.7. The third-order valence-electron chi connectivity index (χ3n) is 2.64. The van der Waals surface area contributed by atoms with E-state index in [0.29, 0.717) is 23.5 Å². The Morgan fingerprint density at radius 1 is 1.15 bits per heavy atom. The average Bonchev–Trinajstić information content (AvgIpc) is 2.38. The lowest BCUT2D eigenvalue weighted by atomic mass is 10.1. The third-order valence-corrected chi connectivity index (χ3v) is 3.04. The summed E-state index contributed by atoms with van der Waals surface area (Å²) in [6, 6.07) is 7.62. The Bertz CT molecular complexity index is 591. The normalized spacial score (nSPS) is 12.0. The van der Waals surface area contributed by atoms with Crippen LogP contribution < -0.4 is 10.6 Å². The van der Waals surface area contributed by atoms with Crippen LogP contribution in [-0.2, 0) is 0 Å². The van der Waals surface area contributed by atoms with E-state index in [4.69, 9.17) is 23.2 Å². The van der Waals surface area contributed by atoms with E-state index in [1.54, 1.807) is 0 Å². The first-order valence-electron chi connectivity index (χ1n) is 6.26. The van der Waals surface area contributed by atoms with E-state index in [1.807, 2.05) is 38.1 Å². The molecule has 0 radical (unpaired) electrons. The van der Waals surface area contributed by atoms with E-state index >= 15 is 0 Å². The summed E-state index contributed by atoms with van der Waals surface area (Å²) in [5.74, 6) is 0.877. The molecule has 1 aromatic carbocycles. The minimum absolute atomic E-state index is 0.00152. The van der Waals surface area contributed by atoms with Crippen LogP contribution in [0.3, 0.4) is 0 Å². The maximum absolute atomic E-state index is 5.98. The molecule has 1 atom stereocenters. The smallest absolute Gasteiger partial charge is 0.229 e. The maximum atomic E-state index is 5.98. The number of hydrogen-bond donors (Lipinski definition) is 2. The van der Waals surface area contributed by atoms with E-state index in [2.05, 4.69) is 25.6 Å². The molecule has 5 nitrogen and oxygen atoms in total. The Labute approximate surface area is 127 Å². The van der Waals surface area contributed by atoms with Crippen LogP contribution >= 0.6 is 23.2 Å². The lowest BCUT2D eigenvalue weighted by Gasteiger charge is -2.15. The Balaban J connectivity index is 2.16. The standard InChI is InChI=1S/C13H15Cl2N5/c1-3-16-12-18-11(15)19-13(20-12)17-8(2)9-5-4-6-10(14)7-9/h4-8H,3H2,1-2H3,(H2,16,17,18,19,20). The first kappa shape index (κ1) is 14.8. The van der Waals surface area contributed by atoms with Crippen LogP contribution in [0.15, 0.2) is 24.3 Å². The molecule has 0 fully saturated rings. The highest BCUT2D eigenvalue weighted by atomic mass is 35.5. The molecule has 0 aliphatic heterocycles. The zero-order chi connectivity index (χ0) is 14.5. The Morgan fingerprint density at radius 2 is 1.90 bits per heavy atom. The topological polar surface area (TPSA) is 62.7 Å². The molecule has 0 aliphatic carbocycles. The van der Waals surface area contributed by atoms with Gasteiger partial charge in [0.25, 0.3) is 0 Å². The van der Waals surface area contributed by atoms with Crippen molar-refractivity contribution in [2.75, 3.05) is 17.2 Å². The fraction of sp³-hybridized carbons (Fsp3) is 0.308. The van der Waals surface area contributed by atoms with E-state index in [-0.39, 0.29) is 11.3 Å². The first-order chi connectivity index (χ1) is 9.58. The Kier molecular flexibility index (Phi) is 4.98. The van der Waals surface area contributed by atoms with Crippen molar-refractivity contribution in [2.45, 2.75) is 19.9 Å². The van der Waals surface area contributed by atoms with E-state index < -0.39 is 0 Å². The molecule has 7 heteroatoms. The molecule has 1 heterocycles. The van der Waals surface area contributed by atoms with Crippen LogP contribution in [0.5, 0.6) is 0 Å². The number of anilines is 2. The van der Waals surface area contributed by atoms with Gasteiger partial charge in [-0.1, -0.05) is 23.7 Å². The highest BCUT2D eigenvalue weighted by molar-refractivity contribution is 6.30. The van der Waals surface area contributed by atoms with E-state index in [9.17, 15) is 0 Å². The van der Waals surface area contributed by atoms with Gasteiger partial charge in [0.05, 0.1) is 6.04 Å². The molecule has 0 aliphatic rings. The van der Waals surface area contributed by atoms with Crippen molar-refractivity contribution >= 4 is 35.1 Å². The van der Waals surface area contributed by atoms with E-state index in [0.717, 1.165) is 5.56 Å². The van der Waals surface area contributed by atoms with Crippen molar-refractivity contribution in [2.24, 2.45) is 0 Å². The van der Waals surface area contributed by atoms with Crippen molar-refractivity contribution in [3.05, 3.63) is 40.1 Å². The highest BCUT2D eigenvalue weighted by Crippen LogP contribution is 2.21. The molecule has 0 spiro atoms. The summed E-state index contributed by atoms with van der Waals surface area (Å²) in [4.78, 5) is 12.3. The highest BCUT2D eigenvalue weighted by Gasteiger charge is 2.10. The Morgan fingerprint density at radius 3 is 2.60 bits per heavy atom. The second-order valence-electron chi connectivity index (χ2n) is 4.20. The molecule has 2 aromatic rings. The predicted molar refractivity (Wildman–Crippen MR) is 82.5 cm³/mol. The van der Waals surface area contributed by atoms with Crippen molar-refractivity contribution in [3.8, 4) is 0 Å². The molecule has 2 N–H and O–H groups in total. The molecular formula is C13H15Cl2N5. The van der Waals surface area contributed by atoms with Crippen molar-refractivity contribution in [3.63, 3.8) is 0 Å². The van der Waals surface area contributed by atoms with Gasteiger partial charge in [-0.3, -0.25) is 0 Å². The second-order valence-corrected chi connectivity index (χ2v) is 4.98. The average molecular weight is 312 g/mol. The number of nitrogens with one attached hydrogen (secondary N) is 2.